The van der Waals surface area contributed by atoms with E-state index in [-0.39, 0.29) is 17.2 Å². The molecular weight excluding hydrogens is 276 g/mol. The van der Waals surface area contributed by atoms with Crippen molar-refractivity contribution in [1.29, 1.82) is 0 Å². The maximum atomic E-state index is 12.9. The number of amides is 1. The van der Waals surface area contributed by atoms with Gasteiger partial charge in [-0.25, -0.2) is 0 Å². The normalized spacial score (nSPS) is 25.4. The number of anilines is 1. The van der Waals surface area contributed by atoms with Gasteiger partial charge in [0.15, 0.2) is 0 Å². The summed E-state index contributed by atoms with van der Waals surface area (Å²) in [5.74, 6) is 1.12. The van der Waals surface area contributed by atoms with Crippen molar-refractivity contribution in [2.45, 2.75) is 40.7 Å². The largest absolute Gasteiger partial charge is 0.382 e. The van der Waals surface area contributed by atoms with Crippen molar-refractivity contribution in [2.24, 2.45) is 17.3 Å². The van der Waals surface area contributed by atoms with E-state index in [1.165, 1.54) is 5.57 Å². The number of carbonyl (C=O) groups is 1. The molecule has 2 N–H and O–H groups in total. The molecule has 2 heterocycles. The van der Waals surface area contributed by atoms with Gasteiger partial charge in [0.25, 0.3) is 0 Å². The molecule has 1 saturated carbocycles. The maximum absolute atomic E-state index is 12.9. The van der Waals surface area contributed by atoms with Crippen LogP contribution in [0.4, 0.5) is 5.82 Å². The van der Waals surface area contributed by atoms with Crippen LogP contribution in [-0.4, -0.2) is 27.5 Å². The molecule has 0 unspecified atom stereocenters. The molecule has 1 aromatic rings. The summed E-state index contributed by atoms with van der Waals surface area (Å²) < 4.78 is 0. The number of aromatic nitrogens is 2. The summed E-state index contributed by atoms with van der Waals surface area (Å²) in [6.07, 6.45) is 3.00. The second kappa shape index (κ2) is 5.07. The summed E-state index contributed by atoms with van der Waals surface area (Å²) in [5.41, 5.74) is 9.05. The van der Waals surface area contributed by atoms with Crippen LogP contribution in [0.25, 0.3) is 0 Å². The van der Waals surface area contributed by atoms with Crippen molar-refractivity contribution >= 4 is 11.7 Å². The molecule has 1 aliphatic heterocycles. The molecule has 1 aliphatic carbocycles. The Labute approximate surface area is 131 Å². The SMILES string of the molecule is CC(C)=C[C@H]1[C@H](C(=O)N2CCc3nnc(N)cc3C2)C1(C)C. The first kappa shape index (κ1) is 15.0. The van der Waals surface area contributed by atoms with Gasteiger partial charge in [0, 0.05) is 19.5 Å². The van der Waals surface area contributed by atoms with E-state index in [0.29, 0.717) is 18.3 Å². The van der Waals surface area contributed by atoms with Gasteiger partial charge in [-0.1, -0.05) is 25.5 Å². The third-order valence-electron chi connectivity index (χ3n) is 4.96. The molecule has 1 fully saturated rings. The van der Waals surface area contributed by atoms with Gasteiger partial charge in [-0.05, 0) is 36.8 Å². The quantitative estimate of drug-likeness (QED) is 0.850. The Balaban J connectivity index is 1.76. The van der Waals surface area contributed by atoms with Gasteiger partial charge in [0.1, 0.15) is 5.82 Å². The van der Waals surface area contributed by atoms with E-state index in [2.05, 4.69) is 44.0 Å². The van der Waals surface area contributed by atoms with Gasteiger partial charge < -0.3 is 10.6 Å². The zero-order valence-electron chi connectivity index (χ0n) is 13.8. The lowest BCUT2D eigenvalue weighted by molar-refractivity contribution is -0.134. The van der Waals surface area contributed by atoms with Gasteiger partial charge in [-0.3, -0.25) is 4.79 Å². The van der Waals surface area contributed by atoms with Crippen molar-refractivity contribution in [3.05, 3.63) is 29.0 Å². The predicted octanol–water partition coefficient (Wildman–Crippen LogP) is 2.18. The van der Waals surface area contributed by atoms with Crippen molar-refractivity contribution < 1.29 is 4.79 Å². The summed E-state index contributed by atoms with van der Waals surface area (Å²) in [7, 11) is 0. The van der Waals surface area contributed by atoms with Crippen LogP contribution < -0.4 is 5.73 Å². The standard InChI is InChI=1S/C17H24N4O/c1-10(2)7-12-15(17(12,3)4)16(22)21-6-5-13-11(9-21)8-14(18)20-19-13/h7-8,12,15H,5-6,9H2,1-4H3,(H2,18,20)/t12-,15+/m0/s1. The van der Waals surface area contributed by atoms with Gasteiger partial charge in [-0.2, -0.15) is 5.10 Å². The van der Waals surface area contributed by atoms with Gasteiger partial charge in [0.2, 0.25) is 5.91 Å². The number of nitrogen functional groups attached to an aromatic ring is 1. The molecule has 0 spiro atoms. The highest BCUT2D eigenvalue weighted by atomic mass is 16.2. The summed E-state index contributed by atoms with van der Waals surface area (Å²) >= 11 is 0. The van der Waals surface area contributed by atoms with Crippen LogP contribution in [0.5, 0.6) is 0 Å². The first-order chi connectivity index (χ1) is 10.3. The van der Waals surface area contributed by atoms with E-state index in [4.69, 9.17) is 5.73 Å². The molecule has 0 bridgehead atoms. The van der Waals surface area contributed by atoms with Crippen LogP contribution in [0.1, 0.15) is 39.0 Å². The Hall–Kier alpha value is -1.91. The summed E-state index contributed by atoms with van der Waals surface area (Å²) in [6.45, 7) is 9.87. The number of hydrogen-bond donors (Lipinski definition) is 1. The molecule has 1 amide bonds. The molecule has 5 nitrogen and oxygen atoms in total. The van der Waals surface area contributed by atoms with Crippen LogP contribution >= 0.6 is 0 Å². The third-order valence-corrected chi connectivity index (χ3v) is 4.96. The van der Waals surface area contributed by atoms with Crippen LogP contribution in [0.3, 0.4) is 0 Å². The van der Waals surface area contributed by atoms with E-state index in [1.807, 2.05) is 11.0 Å². The average Bonchev–Trinajstić information content (AvgIpc) is 2.97. The molecule has 3 rings (SSSR count). The van der Waals surface area contributed by atoms with Crippen LogP contribution in [0.15, 0.2) is 17.7 Å². The van der Waals surface area contributed by atoms with Crippen molar-refractivity contribution in [3.8, 4) is 0 Å². The minimum absolute atomic E-state index is 0.0597. The summed E-state index contributed by atoms with van der Waals surface area (Å²) in [5, 5.41) is 8.03. The molecule has 0 aromatic carbocycles. The molecule has 2 aliphatic rings. The van der Waals surface area contributed by atoms with E-state index in [9.17, 15) is 4.79 Å². The number of allylic oxidation sites excluding steroid dienone is 2. The van der Waals surface area contributed by atoms with Crippen LogP contribution in [-0.2, 0) is 17.8 Å². The number of hydrogen-bond acceptors (Lipinski definition) is 4. The topological polar surface area (TPSA) is 72.1 Å². The zero-order valence-corrected chi connectivity index (χ0v) is 13.8. The highest BCUT2D eigenvalue weighted by molar-refractivity contribution is 5.84. The molecule has 118 valence electrons. The Kier molecular flexibility index (Phi) is 3.46. The molecule has 0 saturated heterocycles. The van der Waals surface area contributed by atoms with E-state index in [0.717, 1.165) is 24.2 Å². The fourth-order valence-corrected chi connectivity index (χ4v) is 3.55. The lowest BCUT2D eigenvalue weighted by Crippen LogP contribution is -2.38. The van der Waals surface area contributed by atoms with Crippen molar-refractivity contribution in [1.82, 2.24) is 15.1 Å². The molecule has 5 heteroatoms. The van der Waals surface area contributed by atoms with Crippen molar-refractivity contribution in [3.63, 3.8) is 0 Å². The predicted molar refractivity (Wildman–Crippen MR) is 85.8 cm³/mol. The van der Waals surface area contributed by atoms with E-state index in [1.54, 1.807) is 0 Å². The fraction of sp³-hybridized carbons (Fsp3) is 0.588. The summed E-state index contributed by atoms with van der Waals surface area (Å²) in [4.78, 5) is 14.8. The molecule has 2 atom stereocenters. The molecule has 22 heavy (non-hydrogen) atoms. The highest BCUT2D eigenvalue weighted by Crippen LogP contribution is 2.60. The van der Waals surface area contributed by atoms with Crippen LogP contribution in [0, 0.1) is 17.3 Å². The molecule has 1 aromatic heterocycles. The molecular formula is C17H24N4O. The first-order valence-electron chi connectivity index (χ1n) is 7.85. The second-order valence-electron chi connectivity index (χ2n) is 7.32. The lowest BCUT2D eigenvalue weighted by atomic mass is 10.0. The number of fused-ring (bicyclic) bond motifs is 1. The van der Waals surface area contributed by atoms with E-state index >= 15 is 0 Å². The van der Waals surface area contributed by atoms with Crippen molar-refractivity contribution in [2.75, 3.05) is 12.3 Å². The Morgan fingerprint density at radius 3 is 2.82 bits per heavy atom. The number of carbonyl (C=O) groups excluding carboxylic acids is 1. The minimum Gasteiger partial charge on any atom is -0.382 e. The maximum Gasteiger partial charge on any atom is 0.227 e. The Morgan fingerprint density at radius 1 is 1.41 bits per heavy atom. The Bertz CT molecular complexity index is 646. The van der Waals surface area contributed by atoms with Gasteiger partial charge in [0.05, 0.1) is 11.6 Å². The Morgan fingerprint density at radius 2 is 2.14 bits per heavy atom. The average molecular weight is 300 g/mol. The monoisotopic (exact) mass is 300 g/mol. The van der Waals surface area contributed by atoms with Gasteiger partial charge in [-0.15, -0.1) is 5.10 Å². The number of nitrogens with zero attached hydrogens (tertiary/aromatic N) is 3. The minimum atomic E-state index is 0.0597. The third kappa shape index (κ3) is 2.49. The first-order valence-corrected chi connectivity index (χ1v) is 7.85. The lowest BCUT2D eigenvalue weighted by Gasteiger charge is -2.28. The van der Waals surface area contributed by atoms with Gasteiger partial charge >= 0.3 is 0 Å². The smallest absolute Gasteiger partial charge is 0.227 e. The second-order valence-corrected chi connectivity index (χ2v) is 7.32. The fourth-order valence-electron chi connectivity index (χ4n) is 3.55. The molecule has 0 radical (unpaired) electrons. The zero-order chi connectivity index (χ0) is 16.1. The summed E-state index contributed by atoms with van der Waals surface area (Å²) in [6, 6.07) is 1.84. The highest BCUT2D eigenvalue weighted by Gasteiger charge is 2.61. The van der Waals surface area contributed by atoms with E-state index < -0.39 is 0 Å². The number of rotatable bonds is 2. The number of nitrogens with two attached hydrogens (primary N) is 1. The van der Waals surface area contributed by atoms with Crippen LogP contribution in [0.2, 0.25) is 0 Å².